The van der Waals surface area contributed by atoms with Crippen molar-refractivity contribution in [1.29, 1.82) is 0 Å². The maximum atomic E-state index is 12.1. The number of aromatic nitrogens is 1. The Labute approximate surface area is 161 Å². The van der Waals surface area contributed by atoms with E-state index in [9.17, 15) is 19.7 Å². The molecule has 150 valence electrons. The van der Waals surface area contributed by atoms with E-state index in [4.69, 9.17) is 9.26 Å². The molecule has 0 spiro atoms. The number of ether oxygens (including phenoxy) is 1. The number of hydrogen-bond acceptors (Lipinski definition) is 8. The molecule has 0 unspecified atom stereocenters. The first kappa shape index (κ1) is 20.9. The van der Waals surface area contributed by atoms with Gasteiger partial charge in [0, 0.05) is 31.6 Å². The van der Waals surface area contributed by atoms with Crippen LogP contribution in [-0.2, 0) is 14.9 Å². The minimum absolute atomic E-state index is 0.0280. The number of nitrogens with zero attached hydrogens (tertiary/aromatic N) is 3. The SMILES string of the molecule is CN(C)c1ccc(C(=O)OCC(=O)Nc2cc(C(C)(C)C)no2)cc1[N+](=O)[O-]. The zero-order chi connectivity index (χ0) is 21.1. The van der Waals surface area contributed by atoms with E-state index in [0.29, 0.717) is 11.4 Å². The van der Waals surface area contributed by atoms with Crippen LogP contribution in [0.25, 0.3) is 0 Å². The molecule has 0 aliphatic heterocycles. The van der Waals surface area contributed by atoms with Gasteiger partial charge in [-0.3, -0.25) is 20.2 Å². The summed E-state index contributed by atoms with van der Waals surface area (Å²) in [6, 6.07) is 5.54. The molecule has 0 aliphatic carbocycles. The van der Waals surface area contributed by atoms with Gasteiger partial charge in [-0.05, 0) is 12.1 Å². The average molecular weight is 390 g/mol. The zero-order valence-electron chi connectivity index (χ0n) is 16.3. The molecule has 1 aromatic heterocycles. The number of rotatable bonds is 6. The van der Waals surface area contributed by atoms with Gasteiger partial charge in [-0.1, -0.05) is 25.9 Å². The Hall–Kier alpha value is -3.43. The fourth-order valence-electron chi connectivity index (χ4n) is 2.25. The van der Waals surface area contributed by atoms with Crippen molar-refractivity contribution in [3.05, 3.63) is 45.6 Å². The van der Waals surface area contributed by atoms with Crippen LogP contribution in [0.5, 0.6) is 0 Å². The Morgan fingerprint density at radius 3 is 2.50 bits per heavy atom. The van der Waals surface area contributed by atoms with Crippen LogP contribution in [0.4, 0.5) is 17.3 Å². The van der Waals surface area contributed by atoms with Crippen LogP contribution in [-0.4, -0.2) is 42.7 Å². The van der Waals surface area contributed by atoms with E-state index in [1.807, 2.05) is 20.8 Å². The van der Waals surface area contributed by atoms with Crippen LogP contribution in [0, 0.1) is 10.1 Å². The number of nitro benzene ring substituents is 1. The second-order valence-corrected chi connectivity index (χ2v) is 7.31. The van der Waals surface area contributed by atoms with Crippen LogP contribution >= 0.6 is 0 Å². The lowest BCUT2D eigenvalue weighted by atomic mass is 9.92. The molecule has 0 atom stereocenters. The molecule has 0 saturated carbocycles. The van der Waals surface area contributed by atoms with E-state index in [0.717, 1.165) is 6.07 Å². The highest BCUT2D eigenvalue weighted by Crippen LogP contribution is 2.28. The highest BCUT2D eigenvalue weighted by Gasteiger charge is 2.21. The molecule has 2 aromatic rings. The van der Waals surface area contributed by atoms with E-state index in [1.165, 1.54) is 12.1 Å². The normalized spacial score (nSPS) is 11.0. The van der Waals surface area contributed by atoms with E-state index in [2.05, 4.69) is 10.5 Å². The average Bonchev–Trinajstić information content (AvgIpc) is 3.07. The van der Waals surface area contributed by atoms with Crippen molar-refractivity contribution in [3.8, 4) is 0 Å². The molecule has 0 aliphatic rings. The number of anilines is 2. The maximum absolute atomic E-state index is 12.1. The maximum Gasteiger partial charge on any atom is 0.338 e. The van der Waals surface area contributed by atoms with Crippen molar-refractivity contribution < 1.29 is 23.8 Å². The monoisotopic (exact) mass is 390 g/mol. The molecule has 0 saturated heterocycles. The van der Waals surface area contributed by atoms with Gasteiger partial charge in [-0.2, -0.15) is 0 Å². The molecule has 1 amide bonds. The van der Waals surface area contributed by atoms with Gasteiger partial charge in [0.2, 0.25) is 5.88 Å². The molecule has 2 rings (SSSR count). The van der Waals surface area contributed by atoms with Gasteiger partial charge < -0.3 is 14.2 Å². The minimum Gasteiger partial charge on any atom is -0.452 e. The topological polar surface area (TPSA) is 128 Å². The quantitative estimate of drug-likeness (QED) is 0.453. The Morgan fingerprint density at radius 1 is 1.29 bits per heavy atom. The summed E-state index contributed by atoms with van der Waals surface area (Å²) in [7, 11) is 3.30. The molecule has 1 N–H and O–H groups in total. The number of hydrogen-bond donors (Lipinski definition) is 1. The van der Waals surface area contributed by atoms with Gasteiger partial charge >= 0.3 is 5.97 Å². The van der Waals surface area contributed by atoms with Gasteiger partial charge in [0.25, 0.3) is 11.6 Å². The smallest absolute Gasteiger partial charge is 0.338 e. The van der Waals surface area contributed by atoms with Gasteiger partial charge in [-0.25, -0.2) is 4.79 Å². The first-order chi connectivity index (χ1) is 13.0. The minimum atomic E-state index is -0.850. The van der Waals surface area contributed by atoms with Crippen LogP contribution in [0.2, 0.25) is 0 Å². The molecule has 28 heavy (non-hydrogen) atoms. The van der Waals surface area contributed by atoms with E-state index < -0.39 is 23.4 Å². The molecule has 0 radical (unpaired) electrons. The highest BCUT2D eigenvalue weighted by atomic mass is 16.6. The van der Waals surface area contributed by atoms with Crippen LogP contribution in [0.1, 0.15) is 36.8 Å². The van der Waals surface area contributed by atoms with E-state index >= 15 is 0 Å². The van der Waals surface area contributed by atoms with Crippen molar-refractivity contribution in [3.63, 3.8) is 0 Å². The van der Waals surface area contributed by atoms with Crippen molar-refractivity contribution in [1.82, 2.24) is 5.16 Å². The van der Waals surface area contributed by atoms with Crippen molar-refractivity contribution in [2.75, 3.05) is 30.9 Å². The summed E-state index contributed by atoms with van der Waals surface area (Å²) in [4.78, 5) is 36.2. The zero-order valence-corrected chi connectivity index (χ0v) is 16.3. The molecule has 1 heterocycles. The van der Waals surface area contributed by atoms with Crippen molar-refractivity contribution in [2.24, 2.45) is 0 Å². The molecule has 10 heteroatoms. The standard InChI is InChI=1S/C18H22N4O6/c1-18(2,3)14-9-16(28-20-14)19-15(23)10-27-17(24)11-6-7-12(21(4)5)13(8-11)22(25)26/h6-9H,10H2,1-5H3,(H,19,23). The fraction of sp³-hybridized carbons (Fsp3) is 0.389. The lowest BCUT2D eigenvalue weighted by Gasteiger charge is -2.13. The molecule has 0 fully saturated rings. The highest BCUT2D eigenvalue weighted by molar-refractivity contribution is 5.95. The van der Waals surface area contributed by atoms with Crippen LogP contribution < -0.4 is 10.2 Å². The first-order valence-corrected chi connectivity index (χ1v) is 8.39. The molecule has 10 nitrogen and oxygen atoms in total. The van der Waals surface area contributed by atoms with Gasteiger partial charge in [0.05, 0.1) is 16.2 Å². The number of carbonyl (C=O) groups is 2. The number of benzene rings is 1. The summed E-state index contributed by atoms with van der Waals surface area (Å²) in [6.45, 7) is 5.25. The third kappa shape index (κ3) is 5.06. The number of carbonyl (C=O) groups excluding carboxylic acids is 2. The third-order valence-corrected chi connectivity index (χ3v) is 3.77. The van der Waals surface area contributed by atoms with Crippen LogP contribution in [0.3, 0.4) is 0 Å². The largest absolute Gasteiger partial charge is 0.452 e. The summed E-state index contributed by atoms with van der Waals surface area (Å²) in [5.41, 5.74) is 0.499. The molecule has 1 aromatic carbocycles. The molecular weight excluding hydrogens is 368 g/mol. The summed E-state index contributed by atoms with van der Waals surface area (Å²) >= 11 is 0. The summed E-state index contributed by atoms with van der Waals surface area (Å²) < 4.78 is 9.95. The van der Waals surface area contributed by atoms with Gasteiger partial charge in [-0.15, -0.1) is 0 Å². The lowest BCUT2D eigenvalue weighted by Crippen LogP contribution is -2.21. The van der Waals surface area contributed by atoms with Crippen LogP contribution in [0.15, 0.2) is 28.8 Å². The van der Waals surface area contributed by atoms with Crippen molar-refractivity contribution >= 4 is 29.1 Å². The molecular formula is C18H22N4O6. The first-order valence-electron chi connectivity index (χ1n) is 8.39. The van der Waals surface area contributed by atoms with Gasteiger partial charge in [0.1, 0.15) is 5.69 Å². The summed E-state index contributed by atoms with van der Waals surface area (Å²) in [5, 5.41) is 17.5. The Balaban J connectivity index is 2.00. The Morgan fingerprint density at radius 2 is 1.96 bits per heavy atom. The fourth-order valence-corrected chi connectivity index (χ4v) is 2.25. The number of esters is 1. The third-order valence-electron chi connectivity index (χ3n) is 3.77. The summed E-state index contributed by atoms with van der Waals surface area (Å²) in [5.74, 6) is -1.34. The number of nitrogens with one attached hydrogen (secondary N) is 1. The number of amides is 1. The predicted octanol–water partition coefficient (Wildman–Crippen LogP) is 2.74. The van der Waals surface area contributed by atoms with Gasteiger partial charge in [0.15, 0.2) is 6.61 Å². The lowest BCUT2D eigenvalue weighted by molar-refractivity contribution is -0.384. The Bertz CT molecular complexity index is 898. The van der Waals surface area contributed by atoms with E-state index in [-0.39, 0.29) is 22.6 Å². The predicted molar refractivity (Wildman–Crippen MR) is 102 cm³/mol. The molecule has 0 bridgehead atoms. The summed E-state index contributed by atoms with van der Waals surface area (Å²) in [6.07, 6.45) is 0. The van der Waals surface area contributed by atoms with E-state index in [1.54, 1.807) is 25.1 Å². The number of nitro groups is 1. The second-order valence-electron chi connectivity index (χ2n) is 7.31. The van der Waals surface area contributed by atoms with Crippen molar-refractivity contribution in [2.45, 2.75) is 26.2 Å². The second kappa shape index (κ2) is 8.07. The Kier molecular flexibility index (Phi) is 6.02.